The van der Waals surface area contributed by atoms with Crippen molar-refractivity contribution in [2.45, 2.75) is 50.3 Å². The van der Waals surface area contributed by atoms with Crippen LogP contribution in [0.2, 0.25) is 0 Å². The van der Waals surface area contributed by atoms with Gasteiger partial charge in [0.2, 0.25) is 0 Å². The lowest BCUT2D eigenvalue weighted by Gasteiger charge is -2.20. The van der Waals surface area contributed by atoms with Crippen LogP contribution >= 0.6 is 11.8 Å². The van der Waals surface area contributed by atoms with E-state index < -0.39 is 0 Å². The van der Waals surface area contributed by atoms with Crippen molar-refractivity contribution in [2.75, 3.05) is 26.0 Å². The van der Waals surface area contributed by atoms with Gasteiger partial charge >= 0.3 is 0 Å². The summed E-state index contributed by atoms with van der Waals surface area (Å²) in [7, 11) is 1.78. The molecule has 0 aliphatic heterocycles. The van der Waals surface area contributed by atoms with Crippen LogP contribution in [0.4, 0.5) is 0 Å². The molecule has 1 fully saturated rings. The molecule has 90 valence electrons. The number of thioether (sulfide) groups is 1. The molecule has 0 saturated heterocycles. The molecule has 1 rings (SSSR count). The first-order chi connectivity index (χ1) is 7.38. The molecule has 1 aliphatic rings. The first-order valence-corrected chi connectivity index (χ1v) is 7.27. The van der Waals surface area contributed by atoms with Gasteiger partial charge < -0.3 is 10.1 Å². The van der Waals surface area contributed by atoms with Crippen molar-refractivity contribution in [1.29, 1.82) is 0 Å². The molecule has 0 amide bonds. The Morgan fingerprint density at radius 2 is 2.20 bits per heavy atom. The lowest BCUT2D eigenvalue weighted by atomic mass is 10.2. The van der Waals surface area contributed by atoms with Crippen LogP contribution in [0.5, 0.6) is 0 Å². The molecule has 1 saturated carbocycles. The first-order valence-electron chi connectivity index (χ1n) is 6.22. The first kappa shape index (κ1) is 13.3. The minimum absolute atomic E-state index is 0.775. The highest BCUT2D eigenvalue weighted by atomic mass is 32.2. The maximum atomic E-state index is 5.04. The molecule has 2 atom stereocenters. The molecule has 0 spiro atoms. The highest BCUT2D eigenvalue weighted by Gasteiger charge is 2.25. The zero-order chi connectivity index (χ0) is 10.9. The van der Waals surface area contributed by atoms with E-state index in [1.807, 2.05) is 0 Å². The molecule has 3 heteroatoms. The average molecular weight is 231 g/mol. The van der Waals surface area contributed by atoms with Gasteiger partial charge in [-0.2, -0.15) is 11.8 Å². The summed E-state index contributed by atoms with van der Waals surface area (Å²) in [5.41, 5.74) is 0. The van der Waals surface area contributed by atoms with Gasteiger partial charge in [0, 0.05) is 25.0 Å². The molecule has 15 heavy (non-hydrogen) atoms. The lowest BCUT2D eigenvalue weighted by Crippen LogP contribution is -2.34. The van der Waals surface area contributed by atoms with Crippen LogP contribution < -0.4 is 5.32 Å². The summed E-state index contributed by atoms with van der Waals surface area (Å²) in [4.78, 5) is 0. The highest BCUT2D eigenvalue weighted by molar-refractivity contribution is 7.99. The Morgan fingerprint density at radius 3 is 2.93 bits per heavy atom. The predicted octanol–water partition coefficient (Wildman–Crippen LogP) is 2.68. The van der Waals surface area contributed by atoms with E-state index in [-0.39, 0.29) is 0 Å². The average Bonchev–Trinajstić information content (AvgIpc) is 2.66. The van der Waals surface area contributed by atoms with Crippen molar-refractivity contribution in [3.05, 3.63) is 0 Å². The Kier molecular flexibility index (Phi) is 7.49. The van der Waals surface area contributed by atoms with Crippen molar-refractivity contribution in [3.63, 3.8) is 0 Å². The fourth-order valence-electron chi connectivity index (χ4n) is 2.23. The summed E-state index contributed by atoms with van der Waals surface area (Å²) in [6, 6.07) is 0.775. The Balaban J connectivity index is 2.03. The van der Waals surface area contributed by atoms with Gasteiger partial charge in [0.25, 0.3) is 0 Å². The zero-order valence-electron chi connectivity index (χ0n) is 10.1. The summed E-state index contributed by atoms with van der Waals surface area (Å²) < 4.78 is 5.04. The van der Waals surface area contributed by atoms with Crippen molar-refractivity contribution >= 4 is 11.8 Å². The van der Waals surface area contributed by atoms with E-state index in [4.69, 9.17) is 4.74 Å². The van der Waals surface area contributed by atoms with Crippen LogP contribution in [-0.4, -0.2) is 37.3 Å². The molecule has 0 aromatic carbocycles. The summed E-state index contributed by atoms with van der Waals surface area (Å²) in [6.45, 7) is 4.33. The third-order valence-corrected chi connectivity index (χ3v) is 4.34. The SMILES string of the molecule is CCSC1CCCC1NCCCCOC. The molecule has 2 nitrogen and oxygen atoms in total. The summed E-state index contributed by atoms with van der Waals surface area (Å²) >= 11 is 2.13. The minimum Gasteiger partial charge on any atom is -0.385 e. The molecule has 0 aromatic rings. The monoisotopic (exact) mass is 231 g/mol. The van der Waals surface area contributed by atoms with Crippen LogP contribution in [0.3, 0.4) is 0 Å². The third-order valence-electron chi connectivity index (χ3n) is 3.02. The topological polar surface area (TPSA) is 21.3 Å². The van der Waals surface area contributed by atoms with Crippen molar-refractivity contribution in [3.8, 4) is 0 Å². The molecule has 0 heterocycles. The van der Waals surface area contributed by atoms with Gasteiger partial charge in [0.1, 0.15) is 0 Å². The maximum absolute atomic E-state index is 5.04. The van der Waals surface area contributed by atoms with Gasteiger partial charge in [0.15, 0.2) is 0 Å². The number of unbranched alkanes of at least 4 members (excludes halogenated alkanes) is 1. The van der Waals surface area contributed by atoms with Gasteiger partial charge in [-0.15, -0.1) is 0 Å². The summed E-state index contributed by atoms with van der Waals surface area (Å²) in [5.74, 6) is 1.26. The van der Waals surface area contributed by atoms with Crippen LogP contribution in [0.1, 0.15) is 39.0 Å². The van der Waals surface area contributed by atoms with Crippen LogP contribution in [-0.2, 0) is 4.74 Å². The fraction of sp³-hybridized carbons (Fsp3) is 1.00. The van der Waals surface area contributed by atoms with E-state index >= 15 is 0 Å². The van der Waals surface area contributed by atoms with Gasteiger partial charge in [-0.05, 0) is 38.0 Å². The van der Waals surface area contributed by atoms with Gasteiger partial charge in [0.05, 0.1) is 0 Å². The van der Waals surface area contributed by atoms with Crippen molar-refractivity contribution < 1.29 is 4.74 Å². The quantitative estimate of drug-likeness (QED) is 0.649. The Bertz CT molecular complexity index is 155. The second-order valence-corrected chi connectivity index (χ2v) is 5.70. The highest BCUT2D eigenvalue weighted by Crippen LogP contribution is 2.29. The Morgan fingerprint density at radius 1 is 1.33 bits per heavy atom. The molecule has 2 unspecified atom stereocenters. The number of nitrogens with one attached hydrogen (secondary N) is 1. The molecule has 0 radical (unpaired) electrons. The minimum atomic E-state index is 0.775. The molecule has 0 bridgehead atoms. The second kappa shape index (κ2) is 8.43. The largest absolute Gasteiger partial charge is 0.385 e. The predicted molar refractivity (Wildman–Crippen MR) is 68.7 cm³/mol. The third kappa shape index (κ3) is 5.23. The normalized spacial score (nSPS) is 26.0. The second-order valence-electron chi connectivity index (χ2n) is 4.19. The number of ether oxygens (including phenoxy) is 1. The number of methoxy groups -OCH3 is 1. The number of hydrogen-bond acceptors (Lipinski definition) is 3. The summed E-state index contributed by atoms with van der Waals surface area (Å²) in [6.07, 6.45) is 6.62. The smallest absolute Gasteiger partial charge is 0.0462 e. The van der Waals surface area contributed by atoms with Gasteiger partial charge in [-0.1, -0.05) is 13.3 Å². The van der Waals surface area contributed by atoms with E-state index in [1.165, 1.54) is 37.9 Å². The van der Waals surface area contributed by atoms with Crippen molar-refractivity contribution in [1.82, 2.24) is 5.32 Å². The van der Waals surface area contributed by atoms with E-state index in [9.17, 15) is 0 Å². The standard InChI is InChI=1S/C12H25NOS/c1-3-15-12-8-6-7-11(12)13-9-4-5-10-14-2/h11-13H,3-10H2,1-2H3. The molecule has 1 N–H and O–H groups in total. The van der Waals surface area contributed by atoms with Crippen molar-refractivity contribution in [2.24, 2.45) is 0 Å². The van der Waals surface area contributed by atoms with Crippen LogP contribution in [0, 0.1) is 0 Å². The van der Waals surface area contributed by atoms with E-state index in [1.54, 1.807) is 7.11 Å². The number of hydrogen-bond donors (Lipinski definition) is 1. The van der Waals surface area contributed by atoms with E-state index in [0.717, 1.165) is 24.4 Å². The molecule has 1 aliphatic carbocycles. The fourth-order valence-corrected chi connectivity index (χ4v) is 3.46. The van der Waals surface area contributed by atoms with Crippen LogP contribution in [0.25, 0.3) is 0 Å². The van der Waals surface area contributed by atoms with E-state index in [2.05, 4.69) is 24.0 Å². The van der Waals surface area contributed by atoms with Gasteiger partial charge in [-0.25, -0.2) is 0 Å². The lowest BCUT2D eigenvalue weighted by molar-refractivity contribution is 0.192. The molecular weight excluding hydrogens is 206 g/mol. The van der Waals surface area contributed by atoms with Crippen LogP contribution in [0.15, 0.2) is 0 Å². The Labute approximate surface area is 98.5 Å². The maximum Gasteiger partial charge on any atom is 0.0462 e. The number of rotatable bonds is 8. The van der Waals surface area contributed by atoms with Gasteiger partial charge in [-0.3, -0.25) is 0 Å². The van der Waals surface area contributed by atoms with E-state index in [0.29, 0.717) is 0 Å². The summed E-state index contributed by atoms with van der Waals surface area (Å²) in [5, 5.41) is 4.57. The Hall–Kier alpha value is 0.270. The zero-order valence-corrected chi connectivity index (χ0v) is 10.9. The molecular formula is C12H25NOS. The molecule has 0 aromatic heterocycles.